The lowest BCUT2D eigenvalue weighted by atomic mass is 10.0. The van der Waals surface area contributed by atoms with Crippen LogP contribution in [0.4, 0.5) is 4.39 Å². The van der Waals surface area contributed by atoms with Crippen LogP contribution in [-0.2, 0) is 11.3 Å². The summed E-state index contributed by atoms with van der Waals surface area (Å²) in [6.07, 6.45) is 1.40. The molecule has 1 fully saturated rings. The van der Waals surface area contributed by atoms with E-state index in [-0.39, 0.29) is 5.82 Å². The Morgan fingerprint density at radius 1 is 1.10 bits per heavy atom. The SMILES string of the molecule is Fc1ccc(-c2cccc(COC3CCNC3)c2)cc1. The van der Waals surface area contributed by atoms with Crippen molar-refractivity contribution in [3.63, 3.8) is 0 Å². The molecular formula is C17H18FNO. The number of ether oxygens (including phenoxy) is 1. The molecule has 0 aromatic heterocycles. The summed E-state index contributed by atoms with van der Waals surface area (Å²) in [5, 5.41) is 3.29. The van der Waals surface area contributed by atoms with Crippen molar-refractivity contribution in [2.75, 3.05) is 13.1 Å². The fourth-order valence-corrected chi connectivity index (χ4v) is 2.47. The molecule has 3 rings (SSSR count). The van der Waals surface area contributed by atoms with E-state index < -0.39 is 0 Å². The van der Waals surface area contributed by atoms with Gasteiger partial charge in [0.25, 0.3) is 0 Å². The fraction of sp³-hybridized carbons (Fsp3) is 0.294. The Bertz CT molecular complexity index is 561. The maximum absolute atomic E-state index is 12.9. The zero-order chi connectivity index (χ0) is 13.8. The highest BCUT2D eigenvalue weighted by Gasteiger charge is 2.14. The van der Waals surface area contributed by atoms with Crippen LogP contribution in [0, 0.1) is 5.82 Å². The Labute approximate surface area is 118 Å². The van der Waals surface area contributed by atoms with Crippen LogP contribution in [-0.4, -0.2) is 19.2 Å². The summed E-state index contributed by atoms with van der Waals surface area (Å²) < 4.78 is 18.8. The van der Waals surface area contributed by atoms with Crippen molar-refractivity contribution in [2.24, 2.45) is 0 Å². The molecular weight excluding hydrogens is 253 g/mol. The van der Waals surface area contributed by atoms with Gasteiger partial charge in [0.15, 0.2) is 0 Å². The molecule has 1 N–H and O–H groups in total. The molecule has 0 spiro atoms. The van der Waals surface area contributed by atoms with Gasteiger partial charge in [-0.15, -0.1) is 0 Å². The minimum Gasteiger partial charge on any atom is -0.372 e. The molecule has 0 bridgehead atoms. The van der Waals surface area contributed by atoms with Gasteiger partial charge in [-0.2, -0.15) is 0 Å². The lowest BCUT2D eigenvalue weighted by molar-refractivity contribution is 0.0542. The van der Waals surface area contributed by atoms with E-state index >= 15 is 0 Å². The van der Waals surface area contributed by atoms with Crippen molar-refractivity contribution >= 4 is 0 Å². The summed E-state index contributed by atoms with van der Waals surface area (Å²) in [6.45, 7) is 2.61. The van der Waals surface area contributed by atoms with E-state index in [1.807, 2.05) is 12.1 Å². The van der Waals surface area contributed by atoms with E-state index in [1.54, 1.807) is 12.1 Å². The molecule has 1 atom stereocenters. The monoisotopic (exact) mass is 271 g/mol. The van der Waals surface area contributed by atoms with E-state index in [1.165, 1.54) is 12.1 Å². The van der Waals surface area contributed by atoms with Gasteiger partial charge in [-0.05, 0) is 47.9 Å². The number of hydrogen-bond acceptors (Lipinski definition) is 2. The van der Waals surface area contributed by atoms with Gasteiger partial charge < -0.3 is 10.1 Å². The van der Waals surface area contributed by atoms with Gasteiger partial charge in [0, 0.05) is 6.54 Å². The lowest BCUT2D eigenvalue weighted by Gasteiger charge is -2.11. The van der Waals surface area contributed by atoms with E-state index in [9.17, 15) is 4.39 Å². The smallest absolute Gasteiger partial charge is 0.123 e. The second-order valence-electron chi connectivity index (χ2n) is 5.13. The maximum Gasteiger partial charge on any atom is 0.123 e. The molecule has 1 heterocycles. The average molecular weight is 271 g/mol. The average Bonchev–Trinajstić information content (AvgIpc) is 3.00. The van der Waals surface area contributed by atoms with Gasteiger partial charge in [-0.1, -0.05) is 30.3 Å². The molecule has 0 radical (unpaired) electrons. The van der Waals surface area contributed by atoms with Crippen molar-refractivity contribution in [1.29, 1.82) is 0 Å². The molecule has 2 aromatic carbocycles. The van der Waals surface area contributed by atoms with Crippen LogP contribution >= 0.6 is 0 Å². The first-order chi connectivity index (χ1) is 9.81. The molecule has 0 amide bonds. The Morgan fingerprint density at radius 3 is 2.70 bits per heavy atom. The van der Waals surface area contributed by atoms with Crippen LogP contribution < -0.4 is 5.32 Å². The number of halogens is 1. The van der Waals surface area contributed by atoms with Crippen LogP contribution in [0.1, 0.15) is 12.0 Å². The van der Waals surface area contributed by atoms with Crippen molar-refractivity contribution in [2.45, 2.75) is 19.1 Å². The normalized spacial score (nSPS) is 18.4. The first kappa shape index (κ1) is 13.3. The second-order valence-corrected chi connectivity index (χ2v) is 5.13. The molecule has 104 valence electrons. The fourth-order valence-electron chi connectivity index (χ4n) is 2.47. The number of benzene rings is 2. The van der Waals surface area contributed by atoms with Gasteiger partial charge in [0.05, 0.1) is 12.7 Å². The van der Waals surface area contributed by atoms with Gasteiger partial charge in [-0.3, -0.25) is 0 Å². The first-order valence-corrected chi connectivity index (χ1v) is 6.98. The van der Waals surface area contributed by atoms with Crippen molar-refractivity contribution in [3.05, 3.63) is 59.9 Å². The second kappa shape index (κ2) is 6.16. The van der Waals surface area contributed by atoms with Gasteiger partial charge >= 0.3 is 0 Å². The van der Waals surface area contributed by atoms with E-state index in [0.717, 1.165) is 36.2 Å². The Kier molecular flexibility index (Phi) is 4.09. The molecule has 1 aliphatic rings. The zero-order valence-electron chi connectivity index (χ0n) is 11.3. The minimum atomic E-state index is -0.207. The summed E-state index contributed by atoms with van der Waals surface area (Å²) in [4.78, 5) is 0. The molecule has 1 unspecified atom stereocenters. The zero-order valence-corrected chi connectivity index (χ0v) is 11.3. The molecule has 3 heteroatoms. The predicted octanol–water partition coefficient (Wildman–Crippen LogP) is 3.37. The highest BCUT2D eigenvalue weighted by molar-refractivity contribution is 5.63. The molecule has 2 nitrogen and oxygen atoms in total. The van der Waals surface area contributed by atoms with Gasteiger partial charge in [0.1, 0.15) is 5.82 Å². The van der Waals surface area contributed by atoms with Crippen LogP contribution in [0.15, 0.2) is 48.5 Å². The highest BCUT2D eigenvalue weighted by atomic mass is 19.1. The number of nitrogens with one attached hydrogen (secondary N) is 1. The van der Waals surface area contributed by atoms with E-state index in [2.05, 4.69) is 17.4 Å². The topological polar surface area (TPSA) is 21.3 Å². The van der Waals surface area contributed by atoms with Crippen molar-refractivity contribution < 1.29 is 9.13 Å². The quantitative estimate of drug-likeness (QED) is 0.920. The largest absolute Gasteiger partial charge is 0.372 e. The van der Waals surface area contributed by atoms with E-state index in [4.69, 9.17) is 4.74 Å². The van der Waals surface area contributed by atoms with Crippen LogP contribution in [0.25, 0.3) is 11.1 Å². The first-order valence-electron chi connectivity index (χ1n) is 6.98. The third-order valence-corrected chi connectivity index (χ3v) is 3.61. The molecule has 0 aliphatic carbocycles. The van der Waals surface area contributed by atoms with Crippen LogP contribution in [0.2, 0.25) is 0 Å². The summed E-state index contributed by atoms with van der Waals surface area (Å²) in [6, 6.07) is 14.8. The summed E-state index contributed by atoms with van der Waals surface area (Å²) >= 11 is 0. The van der Waals surface area contributed by atoms with Crippen LogP contribution in [0.3, 0.4) is 0 Å². The van der Waals surface area contributed by atoms with Crippen molar-refractivity contribution in [1.82, 2.24) is 5.32 Å². The summed E-state index contributed by atoms with van der Waals surface area (Å²) in [5.41, 5.74) is 3.27. The lowest BCUT2D eigenvalue weighted by Crippen LogP contribution is -2.16. The molecule has 20 heavy (non-hydrogen) atoms. The number of hydrogen-bond donors (Lipinski definition) is 1. The summed E-state index contributed by atoms with van der Waals surface area (Å²) in [5.74, 6) is -0.207. The molecule has 1 aliphatic heterocycles. The van der Waals surface area contributed by atoms with E-state index in [0.29, 0.717) is 12.7 Å². The number of rotatable bonds is 4. The van der Waals surface area contributed by atoms with Gasteiger partial charge in [-0.25, -0.2) is 4.39 Å². The Balaban J connectivity index is 1.70. The Hall–Kier alpha value is -1.71. The molecule has 0 saturated carbocycles. The standard InChI is InChI=1S/C17H18FNO/c18-16-6-4-14(5-7-16)15-3-1-2-13(10-15)12-20-17-8-9-19-11-17/h1-7,10,17,19H,8-9,11-12H2. The molecule has 2 aromatic rings. The van der Waals surface area contributed by atoms with Gasteiger partial charge in [0.2, 0.25) is 0 Å². The molecule has 1 saturated heterocycles. The third-order valence-electron chi connectivity index (χ3n) is 3.61. The predicted molar refractivity (Wildman–Crippen MR) is 77.9 cm³/mol. The Morgan fingerprint density at radius 2 is 1.95 bits per heavy atom. The highest BCUT2D eigenvalue weighted by Crippen LogP contribution is 2.21. The summed E-state index contributed by atoms with van der Waals surface area (Å²) in [7, 11) is 0. The minimum absolute atomic E-state index is 0.207. The van der Waals surface area contributed by atoms with Crippen molar-refractivity contribution in [3.8, 4) is 11.1 Å². The maximum atomic E-state index is 12.9. The third kappa shape index (κ3) is 3.24. The van der Waals surface area contributed by atoms with Crippen LogP contribution in [0.5, 0.6) is 0 Å².